The highest BCUT2D eigenvalue weighted by molar-refractivity contribution is 6.15. The van der Waals surface area contributed by atoms with Gasteiger partial charge in [0, 0.05) is 54.8 Å². The van der Waals surface area contributed by atoms with Crippen molar-refractivity contribution in [3.8, 4) is 5.75 Å². The van der Waals surface area contributed by atoms with E-state index in [1.807, 2.05) is 0 Å². The van der Waals surface area contributed by atoms with Gasteiger partial charge < -0.3 is 41.3 Å². The van der Waals surface area contributed by atoms with Gasteiger partial charge in [0.1, 0.15) is 11.5 Å². The minimum Gasteiger partial charge on any atom is -0.508 e. The van der Waals surface area contributed by atoms with Gasteiger partial charge in [-0.25, -0.2) is 0 Å². The maximum absolute atomic E-state index is 14.1. The van der Waals surface area contributed by atoms with Crippen LogP contribution in [0.5, 0.6) is 5.75 Å². The van der Waals surface area contributed by atoms with Crippen LogP contribution in [0.2, 0.25) is 0 Å². The summed E-state index contributed by atoms with van der Waals surface area (Å²) in [6, 6.07) is 0.884. The van der Waals surface area contributed by atoms with Crippen LogP contribution in [0, 0.1) is 17.3 Å². The molecule has 0 spiro atoms. The van der Waals surface area contributed by atoms with Crippen molar-refractivity contribution in [2.24, 2.45) is 23.0 Å². The van der Waals surface area contributed by atoms with E-state index in [0.29, 0.717) is 11.3 Å². The molecule has 0 bridgehead atoms. The Bertz CT molecular complexity index is 1300. The topological polar surface area (TPSA) is 194 Å². The van der Waals surface area contributed by atoms with Crippen molar-refractivity contribution in [2.75, 3.05) is 39.7 Å². The zero-order valence-corrected chi connectivity index (χ0v) is 24.7. The van der Waals surface area contributed by atoms with Crippen LogP contribution in [0.15, 0.2) is 17.4 Å². The second kappa shape index (κ2) is 11.4. The number of allylic oxidation sites excluding steroid dienone is 1. The van der Waals surface area contributed by atoms with Crippen LogP contribution in [-0.2, 0) is 27.3 Å². The lowest BCUT2D eigenvalue weighted by atomic mass is 9.61. The lowest BCUT2D eigenvalue weighted by Crippen LogP contribution is -2.60. The second-order valence-corrected chi connectivity index (χ2v) is 12.5. The minimum absolute atomic E-state index is 0.0198. The number of hydrogen-bond acceptors (Lipinski definition) is 10. The third-order valence-corrected chi connectivity index (χ3v) is 8.16. The Labute approximate surface area is 239 Å². The smallest absolute Gasteiger partial charge is 0.225 e. The van der Waals surface area contributed by atoms with E-state index in [1.165, 1.54) is 0 Å². The van der Waals surface area contributed by atoms with Gasteiger partial charge in [-0.15, -0.1) is 0 Å². The Kier molecular flexibility index (Phi) is 8.92. The van der Waals surface area contributed by atoms with Crippen molar-refractivity contribution in [3.63, 3.8) is 0 Å². The predicted molar refractivity (Wildman–Crippen MR) is 151 cm³/mol. The maximum Gasteiger partial charge on any atom is 0.225 e. The summed E-state index contributed by atoms with van der Waals surface area (Å²) in [5, 5.41) is 47.5. The average molecular weight is 575 g/mol. The first kappa shape index (κ1) is 32.0. The van der Waals surface area contributed by atoms with Crippen LogP contribution in [0.25, 0.3) is 0 Å². The number of aliphatic hydroxyl groups is 3. The Morgan fingerprint density at radius 1 is 1.17 bits per heavy atom. The summed E-state index contributed by atoms with van der Waals surface area (Å²) in [6.45, 7) is 4.69. The molecule has 0 saturated heterocycles. The molecule has 1 aromatic rings. The molecule has 0 aliphatic heterocycles. The van der Waals surface area contributed by atoms with E-state index in [0.717, 1.165) is 0 Å². The Morgan fingerprint density at radius 3 is 2.27 bits per heavy atom. The van der Waals surface area contributed by atoms with E-state index in [1.54, 1.807) is 64.8 Å². The zero-order valence-electron chi connectivity index (χ0n) is 24.7. The molecule has 0 radical (unpaired) electrons. The van der Waals surface area contributed by atoms with Gasteiger partial charge >= 0.3 is 0 Å². The fourth-order valence-corrected chi connectivity index (χ4v) is 5.92. The number of nitrogens with zero attached hydrogens (tertiary/aromatic N) is 2. The van der Waals surface area contributed by atoms with E-state index in [-0.39, 0.29) is 47.7 Å². The SMILES string of the molecule is CN(C)c1cc(CNC(=O)C(C)(C)C)c(O)c2c1C[C@H]1C[C@@H]([C@@H](CO)N(C)C)[C@@](O)(C(=O)CC(N)=O)C(O)=C1C2=O. The van der Waals surface area contributed by atoms with E-state index in [2.05, 4.69) is 5.32 Å². The van der Waals surface area contributed by atoms with E-state index in [9.17, 15) is 39.6 Å². The molecule has 226 valence electrons. The number of fused-ring (bicyclic) bond motifs is 2. The van der Waals surface area contributed by atoms with Crippen molar-refractivity contribution < 1.29 is 39.6 Å². The summed E-state index contributed by atoms with van der Waals surface area (Å²) in [4.78, 5) is 54.8. The van der Waals surface area contributed by atoms with Crippen molar-refractivity contribution >= 4 is 29.1 Å². The molecular formula is C29H42N4O8. The van der Waals surface area contributed by atoms with E-state index >= 15 is 0 Å². The fourth-order valence-electron chi connectivity index (χ4n) is 5.92. The van der Waals surface area contributed by atoms with E-state index < -0.39 is 65.2 Å². The summed E-state index contributed by atoms with van der Waals surface area (Å²) >= 11 is 0. The van der Waals surface area contributed by atoms with Gasteiger partial charge in [0.25, 0.3) is 0 Å². The Balaban J connectivity index is 2.24. The number of primary amides is 1. The molecule has 4 atom stereocenters. The molecule has 1 aromatic carbocycles. The van der Waals surface area contributed by atoms with E-state index in [4.69, 9.17) is 5.73 Å². The molecule has 12 nitrogen and oxygen atoms in total. The van der Waals surface area contributed by atoms with Gasteiger partial charge in [-0.1, -0.05) is 20.8 Å². The van der Waals surface area contributed by atoms with Crippen LogP contribution in [0.3, 0.4) is 0 Å². The first-order valence-corrected chi connectivity index (χ1v) is 13.5. The monoisotopic (exact) mass is 574 g/mol. The standard InChI is InChI=1S/C29H42N4O8/c1-28(2,3)27(40)31-12-15-10-18(32(4)5)16-8-14-9-17(19(13-34)33(6)7)29(41,20(35)11-21(30)36)26(39)22(14)25(38)23(16)24(15)37/h10,14,17,19,34,37,39,41H,8-9,11-13H2,1-7H3,(H2,30,36)(H,31,40)/t14-,17-,19+,29+/m0/s1. The number of anilines is 1. The number of ketones is 2. The highest BCUT2D eigenvalue weighted by Crippen LogP contribution is 2.51. The number of carbonyl (C=O) groups excluding carboxylic acids is 4. The molecule has 3 rings (SSSR count). The highest BCUT2D eigenvalue weighted by Gasteiger charge is 2.58. The number of benzene rings is 1. The van der Waals surface area contributed by atoms with Crippen molar-refractivity contribution in [2.45, 2.75) is 58.2 Å². The van der Waals surface area contributed by atoms with Gasteiger partial charge in [-0.2, -0.15) is 0 Å². The molecule has 41 heavy (non-hydrogen) atoms. The van der Waals surface area contributed by atoms with Gasteiger partial charge in [0.15, 0.2) is 17.2 Å². The van der Waals surface area contributed by atoms with Gasteiger partial charge in [-0.05, 0) is 44.5 Å². The minimum atomic E-state index is -2.68. The van der Waals surface area contributed by atoms with Crippen LogP contribution in [0.4, 0.5) is 5.69 Å². The molecule has 2 amide bonds. The molecule has 12 heteroatoms. The van der Waals surface area contributed by atoms with Crippen molar-refractivity contribution in [3.05, 3.63) is 34.1 Å². The number of phenols is 1. The molecule has 2 aliphatic rings. The first-order chi connectivity index (χ1) is 18.9. The number of amides is 2. The van der Waals surface area contributed by atoms with Gasteiger partial charge in [0.05, 0.1) is 18.6 Å². The number of phenolic OH excluding ortho intramolecular Hbond substituents is 1. The van der Waals surface area contributed by atoms with Gasteiger partial charge in [0.2, 0.25) is 11.8 Å². The summed E-state index contributed by atoms with van der Waals surface area (Å²) in [5.74, 6) is -6.17. The van der Waals surface area contributed by atoms with Crippen LogP contribution in [0.1, 0.15) is 55.1 Å². The number of Topliss-reactive ketones (excluding diaryl/α,β-unsaturated/α-hetero) is 2. The summed E-state index contributed by atoms with van der Waals surface area (Å²) in [7, 11) is 6.83. The number of aliphatic hydroxyl groups excluding tert-OH is 2. The number of rotatable bonds is 9. The normalized spacial score (nSPS) is 23.1. The lowest BCUT2D eigenvalue weighted by molar-refractivity contribution is -0.151. The average Bonchev–Trinajstić information content (AvgIpc) is 2.84. The van der Waals surface area contributed by atoms with Crippen LogP contribution < -0.4 is 16.0 Å². The summed E-state index contributed by atoms with van der Waals surface area (Å²) in [6.07, 6.45) is -0.691. The summed E-state index contributed by atoms with van der Waals surface area (Å²) < 4.78 is 0. The number of nitrogens with one attached hydrogen (secondary N) is 1. The third kappa shape index (κ3) is 5.68. The fraction of sp³-hybridized carbons (Fsp3) is 0.586. The van der Waals surface area contributed by atoms with Gasteiger partial charge in [-0.3, -0.25) is 19.2 Å². The second-order valence-electron chi connectivity index (χ2n) is 12.5. The molecule has 0 saturated carbocycles. The molecule has 0 fully saturated rings. The largest absolute Gasteiger partial charge is 0.508 e. The predicted octanol–water partition coefficient (Wildman–Crippen LogP) is 0.406. The van der Waals surface area contributed by atoms with Crippen LogP contribution >= 0.6 is 0 Å². The maximum atomic E-state index is 14.1. The molecule has 2 aliphatic carbocycles. The molecule has 0 unspecified atom stereocenters. The number of likely N-dealkylation sites (N-methyl/N-ethyl adjacent to an activating group) is 1. The van der Waals surface area contributed by atoms with Crippen molar-refractivity contribution in [1.82, 2.24) is 10.2 Å². The van der Waals surface area contributed by atoms with Crippen molar-refractivity contribution in [1.29, 1.82) is 0 Å². The lowest BCUT2D eigenvalue weighted by Gasteiger charge is -2.47. The highest BCUT2D eigenvalue weighted by atomic mass is 16.3. The number of carbonyl (C=O) groups is 4. The number of hydrogen-bond donors (Lipinski definition) is 6. The molecular weight excluding hydrogens is 532 g/mol. The zero-order chi connectivity index (χ0) is 31.2. The number of aromatic hydroxyl groups is 1. The molecule has 7 N–H and O–H groups in total. The quantitative estimate of drug-likeness (QED) is 0.225. The molecule has 0 aromatic heterocycles. The molecule has 0 heterocycles. The first-order valence-electron chi connectivity index (χ1n) is 13.5. The number of nitrogens with two attached hydrogens (primary N) is 1. The van der Waals surface area contributed by atoms with Crippen LogP contribution in [-0.4, -0.2) is 95.1 Å². The third-order valence-electron chi connectivity index (χ3n) is 8.16. The summed E-state index contributed by atoms with van der Waals surface area (Å²) in [5.41, 5.74) is 2.96. The Morgan fingerprint density at radius 2 is 1.78 bits per heavy atom. The Hall–Kier alpha value is -3.48.